The second-order valence-corrected chi connectivity index (χ2v) is 12.0. The monoisotopic (exact) mass is 252 g/mol. The van der Waals surface area contributed by atoms with Crippen LogP contribution >= 0.6 is 0 Å². The number of allylic oxidation sites excluding steroid dienone is 2. The normalized spacial score (nSPS) is 21.2. The maximum atomic E-state index is 11.9. The van der Waals surface area contributed by atoms with Crippen molar-refractivity contribution in [2.24, 2.45) is 5.41 Å². The lowest BCUT2D eigenvalue weighted by Crippen LogP contribution is -2.39. The van der Waals surface area contributed by atoms with Gasteiger partial charge in [-0.1, -0.05) is 31.8 Å². The molecule has 0 atom stereocenters. The Balaban J connectivity index is 2.59. The van der Waals surface area contributed by atoms with Crippen molar-refractivity contribution in [1.29, 1.82) is 0 Å². The lowest BCUT2D eigenvalue weighted by molar-refractivity contribution is -0.142. The lowest BCUT2D eigenvalue weighted by atomic mass is 9.71. The van der Waals surface area contributed by atoms with E-state index in [1.54, 1.807) is 0 Å². The molecule has 0 saturated heterocycles. The van der Waals surface area contributed by atoms with Crippen molar-refractivity contribution in [1.82, 2.24) is 0 Å². The molecular formula is C14H24O2Si. The van der Waals surface area contributed by atoms with Crippen molar-refractivity contribution < 1.29 is 9.59 Å². The molecule has 3 heteroatoms. The largest absolute Gasteiger partial charge is 0.299 e. The van der Waals surface area contributed by atoms with Gasteiger partial charge >= 0.3 is 0 Å². The van der Waals surface area contributed by atoms with E-state index in [4.69, 9.17) is 0 Å². The number of carbonyl (C=O) groups excluding carboxylic acids is 2. The van der Waals surface area contributed by atoms with Gasteiger partial charge in [0.25, 0.3) is 0 Å². The maximum absolute atomic E-state index is 11.9. The molecule has 1 aliphatic carbocycles. The van der Waals surface area contributed by atoms with Gasteiger partial charge < -0.3 is 0 Å². The Labute approximate surface area is 105 Å². The molecule has 1 aliphatic rings. The van der Waals surface area contributed by atoms with Gasteiger partial charge in [-0.05, 0) is 25.8 Å². The molecule has 0 heterocycles. The third-order valence-electron chi connectivity index (χ3n) is 3.46. The molecule has 0 N–H and O–H groups in total. The average Bonchev–Trinajstić information content (AvgIpc) is 2.20. The van der Waals surface area contributed by atoms with Gasteiger partial charge in [-0.3, -0.25) is 9.59 Å². The molecule has 1 saturated carbocycles. The van der Waals surface area contributed by atoms with Crippen LogP contribution in [0.1, 0.15) is 32.6 Å². The van der Waals surface area contributed by atoms with Crippen LogP contribution in [0.15, 0.2) is 12.2 Å². The van der Waals surface area contributed by atoms with Gasteiger partial charge in [-0.2, -0.15) is 0 Å². The highest BCUT2D eigenvalue weighted by molar-refractivity contribution is 6.76. The zero-order valence-electron chi connectivity index (χ0n) is 11.5. The minimum absolute atomic E-state index is 0.131. The van der Waals surface area contributed by atoms with Crippen LogP contribution < -0.4 is 0 Å². The van der Waals surface area contributed by atoms with Crippen LogP contribution in [0, 0.1) is 5.41 Å². The van der Waals surface area contributed by atoms with Crippen LogP contribution in [-0.4, -0.2) is 19.6 Å². The van der Waals surface area contributed by atoms with Gasteiger partial charge in [0.1, 0.15) is 11.6 Å². The molecule has 96 valence electrons. The number of hydrogen-bond acceptors (Lipinski definition) is 2. The van der Waals surface area contributed by atoms with Crippen LogP contribution in [0.25, 0.3) is 0 Å². The lowest BCUT2D eigenvalue weighted by Gasteiger charge is -2.29. The Hall–Kier alpha value is -0.703. The van der Waals surface area contributed by atoms with Crippen molar-refractivity contribution >= 4 is 19.6 Å². The molecule has 0 unspecified atom stereocenters. The van der Waals surface area contributed by atoms with E-state index in [0.717, 1.165) is 12.5 Å². The van der Waals surface area contributed by atoms with Crippen molar-refractivity contribution in [2.75, 3.05) is 0 Å². The topological polar surface area (TPSA) is 34.1 Å². The van der Waals surface area contributed by atoms with Gasteiger partial charge in [-0.25, -0.2) is 0 Å². The Morgan fingerprint density at radius 1 is 1.12 bits per heavy atom. The average molecular weight is 252 g/mol. The third-order valence-corrected chi connectivity index (χ3v) is 4.92. The summed E-state index contributed by atoms with van der Waals surface area (Å²) in [7, 11) is -1.06. The maximum Gasteiger partial charge on any atom is 0.146 e. The first-order chi connectivity index (χ1) is 7.76. The summed E-state index contributed by atoms with van der Waals surface area (Å²) in [6, 6.07) is 1.12. The van der Waals surface area contributed by atoms with E-state index in [-0.39, 0.29) is 11.6 Å². The summed E-state index contributed by atoms with van der Waals surface area (Å²) in [5, 5.41) is 0. The Kier molecular flexibility index (Phi) is 4.47. The molecule has 0 aromatic carbocycles. The van der Waals surface area contributed by atoms with E-state index < -0.39 is 13.5 Å². The highest BCUT2D eigenvalue weighted by Crippen LogP contribution is 2.33. The Morgan fingerprint density at radius 3 is 2.12 bits per heavy atom. The van der Waals surface area contributed by atoms with Gasteiger partial charge in [0.2, 0.25) is 0 Å². The first-order valence-electron chi connectivity index (χ1n) is 6.47. The van der Waals surface area contributed by atoms with Crippen molar-refractivity contribution in [3.05, 3.63) is 12.2 Å². The number of Topliss-reactive ketones (excluding diaryl/α,β-unsaturated/α-hetero) is 2. The summed E-state index contributed by atoms with van der Waals surface area (Å²) in [5.41, 5.74) is -0.728. The molecule has 0 amide bonds. The second-order valence-electron chi connectivity index (χ2n) is 6.47. The van der Waals surface area contributed by atoms with Crippen LogP contribution in [0.5, 0.6) is 0 Å². The molecular weight excluding hydrogens is 228 g/mol. The molecule has 0 radical (unpaired) electrons. The van der Waals surface area contributed by atoms with Crippen LogP contribution in [0.2, 0.25) is 25.7 Å². The van der Waals surface area contributed by atoms with E-state index in [2.05, 4.69) is 25.7 Å². The van der Waals surface area contributed by atoms with Gasteiger partial charge in [0.05, 0.1) is 5.41 Å². The van der Waals surface area contributed by atoms with E-state index in [1.807, 2.05) is 13.0 Å². The molecule has 0 aromatic heterocycles. The van der Waals surface area contributed by atoms with Crippen molar-refractivity contribution in [3.63, 3.8) is 0 Å². The quantitative estimate of drug-likeness (QED) is 0.435. The molecule has 0 bridgehead atoms. The highest BCUT2D eigenvalue weighted by Gasteiger charge is 2.41. The molecule has 0 aliphatic heterocycles. The standard InChI is InChI=1S/C14H24O2Si/c1-14(10-5-6-11-17(2,3)4)12(15)8-7-9-13(14)16/h5-6H,7-11H2,1-4H3/b6-5+. The highest BCUT2D eigenvalue weighted by atomic mass is 28.3. The minimum Gasteiger partial charge on any atom is -0.299 e. The van der Waals surface area contributed by atoms with E-state index in [0.29, 0.717) is 19.3 Å². The van der Waals surface area contributed by atoms with E-state index in [9.17, 15) is 9.59 Å². The molecule has 1 fully saturated rings. The fourth-order valence-electron chi connectivity index (χ4n) is 2.10. The first kappa shape index (κ1) is 14.4. The van der Waals surface area contributed by atoms with E-state index >= 15 is 0 Å². The molecule has 1 rings (SSSR count). The van der Waals surface area contributed by atoms with E-state index in [1.165, 1.54) is 0 Å². The Morgan fingerprint density at radius 2 is 1.65 bits per heavy atom. The Bertz CT molecular complexity index is 321. The number of carbonyl (C=O) groups is 2. The van der Waals surface area contributed by atoms with Gasteiger partial charge in [0, 0.05) is 20.9 Å². The molecule has 17 heavy (non-hydrogen) atoms. The molecule has 2 nitrogen and oxygen atoms in total. The van der Waals surface area contributed by atoms with Crippen molar-refractivity contribution in [3.8, 4) is 0 Å². The summed E-state index contributed by atoms with van der Waals surface area (Å²) < 4.78 is 0. The minimum atomic E-state index is -1.06. The smallest absolute Gasteiger partial charge is 0.146 e. The first-order valence-corrected chi connectivity index (χ1v) is 10.2. The van der Waals surface area contributed by atoms with Gasteiger partial charge in [0.15, 0.2) is 0 Å². The van der Waals surface area contributed by atoms with Crippen LogP contribution in [0.4, 0.5) is 0 Å². The predicted octanol–water partition coefficient (Wildman–Crippen LogP) is 3.60. The fourth-order valence-corrected chi connectivity index (χ4v) is 2.97. The number of rotatable bonds is 4. The number of ketones is 2. The zero-order valence-corrected chi connectivity index (χ0v) is 12.5. The summed E-state index contributed by atoms with van der Waals surface area (Å²) >= 11 is 0. The summed E-state index contributed by atoms with van der Waals surface area (Å²) in [5.74, 6) is 0.262. The predicted molar refractivity (Wildman–Crippen MR) is 73.9 cm³/mol. The van der Waals surface area contributed by atoms with Crippen LogP contribution in [-0.2, 0) is 9.59 Å². The second kappa shape index (κ2) is 5.30. The number of hydrogen-bond donors (Lipinski definition) is 0. The fraction of sp³-hybridized carbons (Fsp3) is 0.714. The van der Waals surface area contributed by atoms with Gasteiger partial charge in [-0.15, -0.1) is 0 Å². The SMILES string of the molecule is CC1(C/C=C/C[Si](C)(C)C)C(=O)CCCC1=O. The molecule has 0 aromatic rings. The van der Waals surface area contributed by atoms with Crippen molar-refractivity contribution in [2.45, 2.75) is 58.3 Å². The molecule has 0 spiro atoms. The van der Waals surface area contributed by atoms with Crippen LogP contribution in [0.3, 0.4) is 0 Å². The summed E-state index contributed by atoms with van der Waals surface area (Å²) in [6.07, 6.45) is 6.68. The third kappa shape index (κ3) is 3.91. The summed E-state index contributed by atoms with van der Waals surface area (Å²) in [4.78, 5) is 23.7. The summed E-state index contributed by atoms with van der Waals surface area (Å²) in [6.45, 7) is 8.76. The zero-order chi connectivity index (χ0) is 13.1.